The zero-order valence-electron chi connectivity index (χ0n) is 12.8. The van der Waals surface area contributed by atoms with Gasteiger partial charge >= 0.3 is 6.09 Å². The Bertz CT molecular complexity index is 492. The van der Waals surface area contributed by atoms with E-state index >= 15 is 0 Å². The molecule has 0 spiro atoms. The number of hydrogen-bond acceptors (Lipinski definition) is 6. The van der Waals surface area contributed by atoms with Crippen molar-refractivity contribution in [3.05, 3.63) is 12.5 Å². The van der Waals surface area contributed by atoms with E-state index in [0.717, 1.165) is 31.7 Å². The molecule has 1 fully saturated rings. The molecule has 1 saturated heterocycles. The van der Waals surface area contributed by atoms with Gasteiger partial charge in [-0.3, -0.25) is 0 Å². The van der Waals surface area contributed by atoms with E-state index in [4.69, 9.17) is 10.5 Å². The number of carbonyl (C=O) groups is 1. The molecule has 0 bridgehead atoms. The van der Waals surface area contributed by atoms with Crippen LogP contribution in [0.5, 0.6) is 0 Å². The molecule has 1 aliphatic heterocycles. The first-order chi connectivity index (χ1) is 9.85. The van der Waals surface area contributed by atoms with Gasteiger partial charge in [0.1, 0.15) is 11.9 Å². The first-order valence-electron chi connectivity index (χ1n) is 7.15. The van der Waals surface area contributed by atoms with Crippen molar-refractivity contribution in [3.8, 4) is 0 Å². The van der Waals surface area contributed by atoms with Crippen LogP contribution in [0.1, 0.15) is 33.6 Å². The second kappa shape index (κ2) is 6.15. The Morgan fingerprint density at radius 3 is 2.67 bits per heavy atom. The predicted octanol–water partition coefficient (Wildman–Crippen LogP) is 1.55. The fourth-order valence-corrected chi connectivity index (χ4v) is 2.31. The van der Waals surface area contributed by atoms with Gasteiger partial charge in [0.15, 0.2) is 5.82 Å². The van der Waals surface area contributed by atoms with Gasteiger partial charge in [0.05, 0.1) is 11.9 Å². The van der Waals surface area contributed by atoms with Gasteiger partial charge in [0.25, 0.3) is 0 Å². The number of anilines is 2. The summed E-state index contributed by atoms with van der Waals surface area (Å²) < 4.78 is 5.27. The van der Waals surface area contributed by atoms with E-state index in [2.05, 4.69) is 20.2 Å². The van der Waals surface area contributed by atoms with Gasteiger partial charge < -0.3 is 20.7 Å². The van der Waals surface area contributed by atoms with Crippen LogP contribution in [0.3, 0.4) is 0 Å². The molecular formula is C14H23N5O2. The first-order valence-corrected chi connectivity index (χ1v) is 7.15. The highest BCUT2D eigenvalue weighted by Gasteiger charge is 2.24. The topological polar surface area (TPSA) is 93.4 Å². The van der Waals surface area contributed by atoms with Gasteiger partial charge in [-0.25, -0.2) is 14.8 Å². The molecule has 0 saturated carbocycles. The van der Waals surface area contributed by atoms with E-state index in [1.165, 1.54) is 6.33 Å². The number of rotatable bonds is 2. The van der Waals surface area contributed by atoms with Crippen molar-refractivity contribution in [1.29, 1.82) is 0 Å². The van der Waals surface area contributed by atoms with Crippen molar-refractivity contribution in [1.82, 2.24) is 15.3 Å². The van der Waals surface area contributed by atoms with E-state index in [0.29, 0.717) is 5.69 Å². The Labute approximate surface area is 124 Å². The van der Waals surface area contributed by atoms with Gasteiger partial charge in [0.2, 0.25) is 0 Å². The Kier molecular flexibility index (Phi) is 4.50. The maximum absolute atomic E-state index is 11.7. The minimum absolute atomic E-state index is 0.124. The molecule has 7 nitrogen and oxygen atoms in total. The minimum atomic E-state index is -0.472. The highest BCUT2D eigenvalue weighted by molar-refractivity contribution is 5.68. The summed E-state index contributed by atoms with van der Waals surface area (Å²) in [7, 11) is 0. The van der Waals surface area contributed by atoms with Crippen molar-refractivity contribution in [2.45, 2.75) is 45.3 Å². The maximum atomic E-state index is 11.7. The Morgan fingerprint density at radius 1 is 1.43 bits per heavy atom. The summed E-state index contributed by atoms with van der Waals surface area (Å²) >= 11 is 0. The number of alkyl carbamates (subject to hydrolysis) is 1. The van der Waals surface area contributed by atoms with Crippen LogP contribution in [-0.2, 0) is 4.74 Å². The number of carbonyl (C=O) groups excluding carboxylic acids is 1. The molecule has 1 aromatic heterocycles. The van der Waals surface area contributed by atoms with Gasteiger partial charge in [-0.05, 0) is 33.6 Å². The normalized spacial score (nSPS) is 16.6. The van der Waals surface area contributed by atoms with Crippen LogP contribution in [0, 0.1) is 0 Å². The lowest BCUT2D eigenvalue weighted by atomic mass is 10.1. The molecule has 3 N–H and O–H groups in total. The van der Waals surface area contributed by atoms with Gasteiger partial charge in [-0.1, -0.05) is 0 Å². The summed E-state index contributed by atoms with van der Waals surface area (Å²) in [5.41, 5.74) is 5.99. The first kappa shape index (κ1) is 15.3. The Morgan fingerprint density at radius 2 is 2.10 bits per heavy atom. The molecule has 116 valence electrons. The molecule has 7 heteroatoms. The number of ether oxygens (including phenoxy) is 1. The van der Waals surface area contributed by atoms with Crippen molar-refractivity contribution >= 4 is 17.6 Å². The van der Waals surface area contributed by atoms with E-state index in [1.807, 2.05) is 20.8 Å². The monoisotopic (exact) mass is 293 g/mol. The Balaban J connectivity index is 1.84. The van der Waals surface area contributed by atoms with Crippen molar-refractivity contribution in [2.75, 3.05) is 23.7 Å². The molecule has 1 aromatic rings. The largest absolute Gasteiger partial charge is 0.444 e. The summed E-state index contributed by atoms with van der Waals surface area (Å²) in [6.45, 7) is 7.15. The summed E-state index contributed by atoms with van der Waals surface area (Å²) in [4.78, 5) is 22.0. The second-order valence-corrected chi connectivity index (χ2v) is 6.21. The van der Waals surface area contributed by atoms with E-state index in [-0.39, 0.29) is 12.1 Å². The zero-order valence-corrected chi connectivity index (χ0v) is 12.8. The van der Waals surface area contributed by atoms with Crippen LogP contribution in [0.15, 0.2) is 12.5 Å². The number of amides is 1. The van der Waals surface area contributed by atoms with Crippen LogP contribution < -0.4 is 16.0 Å². The molecule has 0 radical (unpaired) electrons. The van der Waals surface area contributed by atoms with Crippen LogP contribution in [0.2, 0.25) is 0 Å². The van der Waals surface area contributed by atoms with Gasteiger partial charge in [-0.2, -0.15) is 0 Å². The molecule has 2 heterocycles. The highest BCUT2D eigenvalue weighted by atomic mass is 16.6. The number of nitrogen functional groups attached to an aromatic ring is 1. The SMILES string of the molecule is CC(C)(C)OC(=O)NC1CCN(c2ncncc2N)CC1. The number of nitrogens with zero attached hydrogens (tertiary/aromatic N) is 3. The van der Waals surface area contributed by atoms with Crippen LogP contribution in [-0.4, -0.2) is 40.8 Å². The lowest BCUT2D eigenvalue weighted by Crippen LogP contribution is -2.46. The lowest BCUT2D eigenvalue weighted by molar-refractivity contribution is 0.0497. The zero-order chi connectivity index (χ0) is 15.5. The average Bonchev–Trinajstić information content (AvgIpc) is 2.38. The minimum Gasteiger partial charge on any atom is -0.444 e. The van der Waals surface area contributed by atoms with Crippen LogP contribution in [0.25, 0.3) is 0 Å². The molecule has 0 atom stereocenters. The van der Waals surface area contributed by atoms with E-state index in [1.54, 1.807) is 6.20 Å². The van der Waals surface area contributed by atoms with Crippen molar-refractivity contribution < 1.29 is 9.53 Å². The number of piperidine rings is 1. The van der Waals surface area contributed by atoms with Crippen LogP contribution >= 0.6 is 0 Å². The smallest absolute Gasteiger partial charge is 0.407 e. The second-order valence-electron chi connectivity index (χ2n) is 6.21. The Hall–Kier alpha value is -2.05. The number of nitrogens with one attached hydrogen (secondary N) is 1. The molecule has 0 aromatic carbocycles. The summed E-state index contributed by atoms with van der Waals surface area (Å²) in [6.07, 6.45) is 4.41. The summed E-state index contributed by atoms with van der Waals surface area (Å²) in [6, 6.07) is 0.124. The van der Waals surface area contributed by atoms with Gasteiger partial charge in [-0.15, -0.1) is 0 Å². The summed E-state index contributed by atoms with van der Waals surface area (Å²) in [5.74, 6) is 0.765. The van der Waals surface area contributed by atoms with Crippen molar-refractivity contribution in [3.63, 3.8) is 0 Å². The number of hydrogen-bond donors (Lipinski definition) is 2. The van der Waals surface area contributed by atoms with E-state index < -0.39 is 5.60 Å². The third-order valence-corrected chi connectivity index (χ3v) is 3.23. The summed E-state index contributed by atoms with van der Waals surface area (Å²) in [5, 5.41) is 2.91. The standard InChI is InChI=1S/C14H23N5O2/c1-14(2,3)21-13(20)18-10-4-6-19(7-5-10)12-11(15)8-16-9-17-12/h8-10H,4-7,15H2,1-3H3,(H,18,20). The average molecular weight is 293 g/mol. The third-order valence-electron chi connectivity index (χ3n) is 3.23. The third kappa shape index (κ3) is 4.47. The quantitative estimate of drug-likeness (QED) is 0.859. The highest BCUT2D eigenvalue weighted by Crippen LogP contribution is 2.22. The maximum Gasteiger partial charge on any atom is 0.407 e. The van der Waals surface area contributed by atoms with E-state index in [9.17, 15) is 4.79 Å². The fourth-order valence-electron chi connectivity index (χ4n) is 2.31. The lowest BCUT2D eigenvalue weighted by Gasteiger charge is -2.33. The molecule has 0 unspecified atom stereocenters. The molecule has 2 rings (SSSR count). The van der Waals surface area contributed by atoms with Crippen LogP contribution in [0.4, 0.5) is 16.3 Å². The number of aromatic nitrogens is 2. The fraction of sp³-hybridized carbons (Fsp3) is 0.643. The van der Waals surface area contributed by atoms with Crippen molar-refractivity contribution in [2.24, 2.45) is 0 Å². The molecule has 0 aliphatic carbocycles. The predicted molar refractivity (Wildman–Crippen MR) is 81.0 cm³/mol. The van der Waals surface area contributed by atoms with Gasteiger partial charge in [0, 0.05) is 19.1 Å². The number of nitrogens with two attached hydrogens (primary N) is 1. The molecular weight excluding hydrogens is 270 g/mol. The molecule has 1 amide bonds. The molecule has 1 aliphatic rings. The molecule has 21 heavy (non-hydrogen) atoms.